The van der Waals surface area contributed by atoms with E-state index >= 15 is 0 Å². The molecule has 6 nitrogen and oxygen atoms in total. The van der Waals surface area contributed by atoms with Gasteiger partial charge in [-0.2, -0.15) is 13.5 Å². The van der Waals surface area contributed by atoms with Crippen molar-refractivity contribution in [3.63, 3.8) is 0 Å². The second-order valence-corrected chi connectivity index (χ2v) is 7.43. The van der Waals surface area contributed by atoms with Crippen molar-refractivity contribution in [2.24, 2.45) is 5.10 Å². The van der Waals surface area contributed by atoms with Crippen molar-refractivity contribution in [1.29, 1.82) is 0 Å². The van der Waals surface area contributed by atoms with E-state index in [-0.39, 0.29) is 5.75 Å². The Balaban J connectivity index is 1.93. The molecule has 0 aliphatic carbocycles. The molecule has 0 bridgehead atoms. The second kappa shape index (κ2) is 8.73. The first kappa shape index (κ1) is 19.1. The van der Waals surface area contributed by atoms with Gasteiger partial charge < -0.3 is 0 Å². The summed E-state index contributed by atoms with van der Waals surface area (Å²) in [6, 6.07) is 13.9. The molecule has 0 atom stereocenters. The average molecular weight is 362 g/mol. The van der Waals surface area contributed by atoms with Crippen LogP contribution >= 0.6 is 0 Å². The van der Waals surface area contributed by atoms with Crippen LogP contribution in [0.1, 0.15) is 25.3 Å². The van der Waals surface area contributed by atoms with E-state index in [2.05, 4.69) is 5.10 Å². The number of hydrogen-bond donors (Lipinski definition) is 1. The molecule has 134 valence electrons. The highest BCUT2D eigenvalue weighted by molar-refractivity contribution is 7.85. The highest BCUT2D eigenvalue weighted by Crippen LogP contribution is 2.12. The maximum Gasteiger partial charge on any atom is 0.264 e. The molecule has 2 rings (SSSR count). The van der Waals surface area contributed by atoms with E-state index in [0.29, 0.717) is 19.4 Å². The second-order valence-electron chi connectivity index (χ2n) is 5.86. The summed E-state index contributed by atoms with van der Waals surface area (Å²) in [5.41, 5.74) is 2.95. The van der Waals surface area contributed by atoms with Crippen molar-refractivity contribution in [3.05, 3.63) is 60.4 Å². The summed E-state index contributed by atoms with van der Waals surface area (Å²) >= 11 is 0. The average Bonchev–Trinajstić information content (AvgIpc) is 2.59. The van der Waals surface area contributed by atoms with Gasteiger partial charge >= 0.3 is 0 Å². The smallest absolute Gasteiger partial charge is 0.264 e. The summed E-state index contributed by atoms with van der Waals surface area (Å²) < 4.78 is 32.1. The van der Waals surface area contributed by atoms with Gasteiger partial charge in [-0.25, -0.2) is 4.57 Å². The Morgan fingerprint density at radius 1 is 1.12 bits per heavy atom. The van der Waals surface area contributed by atoms with Crippen LogP contribution in [-0.4, -0.2) is 31.5 Å². The Kier molecular flexibility index (Phi) is 6.66. The van der Waals surface area contributed by atoms with Gasteiger partial charge in [0, 0.05) is 31.2 Å². The van der Waals surface area contributed by atoms with E-state index in [1.165, 1.54) is 0 Å². The molecule has 0 saturated carbocycles. The Labute approximate surface area is 149 Å². The van der Waals surface area contributed by atoms with Crippen LogP contribution in [0.15, 0.2) is 60.0 Å². The van der Waals surface area contributed by atoms with E-state index in [9.17, 15) is 8.42 Å². The Morgan fingerprint density at radius 2 is 1.76 bits per heavy atom. The van der Waals surface area contributed by atoms with Crippen LogP contribution in [-0.2, 0) is 16.7 Å². The maximum atomic E-state index is 10.7. The topological polar surface area (TPSA) is 73.8 Å². The molecule has 1 heterocycles. The lowest BCUT2D eigenvalue weighted by atomic mass is 10.2. The predicted molar refractivity (Wildman–Crippen MR) is 99.3 cm³/mol. The van der Waals surface area contributed by atoms with E-state index in [1.807, 2.05) is 78.4 Å². The third-order valence-corrected chi connectivity index (χ3v) is 4.61. The van der Waals surface area contributed by atoms with Crippen molar-refractivity contribution < 1.29 is 17.5 Å². The number of unbranched alkanes of at least 4 members (excludes halogenated alkanes) is 1. The van der Waals surface area contributed by atoms with E-state index in [1.54, 1.807) is 0 Å². The number of para-hydroxylation sites is 1. The first-order valence-electron chi connectivity index (χ1n) is 8.14. The summed E-state index contributed by atoms with van der Waals surface area (Å²) in [4.78, 5) is 0. The number of rotatable bonds is 8. The first-order valence-corrected chi connectivity index (χ1v) is 9.75. The fraction of sp³-hybridized carbons (Fsp3) is 0.333. The van der Waals surface area contributed by atoms with Gasteiger partial charge in [-0.3, -0.25) is 9.56 Å². The molecule has 0 spiro atoms. The van der Waals surface area contributed by atoms with Gasteiger partial charge in [0.25, 0.3) is 10.1 Å². The molecule has 25 heavy (non-hydrogen) atoms. The minimum atomic E-state index is -3.86. The lowest BCUT2D eigenvalue weighted by Crippen LogP contribution is -2.33. The monoisotopic (exact) mass is 362 g/mol. The molecule has 0 saturated heterocycles. The number of benzene rings is 1. The molecular formula is C18H24N3O3S+. The predicted octanol–water partition coefficient (Wildman–Crippen LogP) is 2.50. The zero-order valence-electron chi connectivity index (χ0n) is 14.5. The lowest BCUT2D eigenvalue weighted by molar-refractivity contribution is -0.697. The molecule has 7 heteroatoms. The highest BCUT2D eigenvalue weighted by atomic mass is 32.2. The van der Waals surface area contributed by atoms with Gasteiger partial charge in [0.2, 0.25) is 0 Å². The molecule has 0 radical (unpaired) electrons. The fourth-order valence-corrected chi connectivity index (χ4v) is 2.98. The lowest BCUT2D eigenvalue weighted by Gasteiger charge is -2.14. The fourth-order valence-electron chi connectivity index (χ4n) is 2.41. The molecule has 0 fully saturated rings. The van der Waals surface area contributed by atoms with E-state index < -0.39 is 10.1 Å². The number of anilines is 1. The van der Waals surface area contributed by atoms with Crippen molar-refractivity contribution in [2.75, 3.05) is 17.8 Å². The van der Waals surface area contributed by atoms with Crippen LogP contribution in [0.3, 0.4) is 0 Å². The van der Waals surface area contributed by atoms with Crippen LogP contribution in [0.4, 0.5) is 5.69 Å². The third-order valence-electron chi connectivity index (χ3n) is 3.81. The molecule has 0 unspecified atom stereocenters. The van der Waals surface area contributed by atoms with Crippen LogP contribution < -0.4 is 9.58 Å². The number of aromatic nitrogens is 1. The van der Waals surface area contributed by atoms with Crippen molar-refractivity contribution in [1.82, 2.24) is 0 Å². The van der Waals surface area contributed by atoms with Crippen molar-refractivity contribution in [3.8, 4) is 0 Å². The molecule has 2 aromatic rings. The van der Waals surface area contributed by atoms with Gasteiger partial charge in [0.05, 0.1) is 17.2 Å². The minimum Gasteiger partial charge on any atom is -0.286 e. The SMILES string of the molecule is CC(=NN(C)c1ccccc1)c1cc[n+](CCCCS(=O)(=O)O)cc1. The first-order chi connectivity index (χ1) is 11.8. The van der Waals surface area contributed by atoms with Crippen molar-refractivity contribution in [2.45, 2.75) is 26.3 Å². The largest absolute Gasteiger partial charge is 0.286 e. The molecule has 1 aromatic heterocycles. The molecule has 0 amide bonds. The summed E-state index contributed by atoms with van der Waals surface area (Å²) in [5, 5.41) is 6.43. The third kappa shape index (κ3) is 6.64. The summed E-state index contributed by atoms with van der Waals surface area (Å²) in [5.74, 6) is -0.191. The standard InChI is InChI=1S/C18H23N3O3S/c1-16(19-20(2)18-8-4-3-5-9-18)17-10-13-21(14-11-17)12-6-7-15-25(22,23)24/h3-5,8-11,13-14H,6-7,12,15H2,1-2H3/p+1. The number of pyridine rings is 1. The zero-order valence-corrected chi connectivity index (χ0v) is 15.4. The Hall–Kier alpha value is -2.25. The minimum absolute atomic E-state index is 0.191. The number of aryl methyl sites for hydroxylation is 1. The maximum absolute atomic E-state index is 10.7. The number of hydrogen-bond acceptors (Lipinski definition) is 4. The Morgan fingerprint density at radius 3 is 2.36 bits per heavy atom. The van der Waals surface area contributed by atoms with E-state index in [4.69, 9.17) is 4.55 Å². The van der Waals surface area contributed by atoms with E-state index in [0.717, 1.165) is 17.0 Å². The number of nitrogens with zero attached hydrogens (tertiary/aromatic N) is 3. The molecule has 0 aliphatic rings. The van der Waals surface area contributed by atoms with Gasteiger partial charge in [0.15, 0.2) is 12.4 Å². The summed E-state index contributed by atoms with van der Waals surface area (Å²) in [7, 11) is -1.95. The van der Waals surface area contributed by atoms with Crippen LogP contribution in [0, 0.1) is 0 Å². The van der Waals surface area contributed by atoms with Gasteiger partial charge in [-0.05, 0) is 25.5 Å². The van der Waals surface area contributed by atoms with Gasteiger partial charge in [0.1, 0.15) is 6.54 Å². The van der Waals surface area contributed by atoms with Crippen LogP contribution in [0.5, 0.6) is 0 Å². The normalized spacial score (nSPS) is 12.2. The zero-order chi connectivity index (χ0) is 18.3. The quantitative estimate of drug-likeness (QED) is 0.257. The van der Waals surface area contributed by atoms with Gasteiger partial charge in [-0.15, -0.1) is 0 Å². The Bertz CT molecular complexity index is 803. The molecule has 1 aromatic carbocycles. The molecular weight excluding hydrogens is 338 g/mol. The number of hydrazone groups is 1. The van der Waals surface area contributed by atoms with Crippen molar-refractivity contribution >= 4 is 21.5 Å². The van der Waals surface area contributed by atoms with Gasteiger partial charge in [-0.1, -0.05) is 18.2 Å². The summed E-state index contributed by atoms with van der Waals surface area (Å²) in [6.07, 6.45) is 5.03. The molecule has 1 N–H and O–H groups in total. The highest BCUT2D eigenvalue weighted by Gasteiger charge is 2.07. The van der Waals surface area contributed by atoms with Crippen LogP contribution in [0.25, 0.3) is 0 Å². The summed E-state index contributed by atoms with van der Waals surface area (Å²) in [6.45, 7) is 2.67. The van der Waals surface area contributed by atoms with Crippen LogP contribution in [0.2, 0.25) is 0 Å². The molecule has 0 aliphatic heterocycles.